The van der Waals surface area contributed by atoms with E-state index in [1.807, 2.05) is 13.0 Å². The second kappa shape index (κ2) is 5.93. The highest BCUT2D eigenvalue weighted by Crippen LogP contribution is 2.38. The molecule has 0 unspecified atom stereocenters. The summed E-state index contributed by atoms with van der Waals surface area (Å²) in [6, 6.07) is 5.82. The third kappa shape index (κ3) is 3.06. The van der Waals surface area contributed by atoms with Crippen molar-refractivity contribution in [1.82, 2.24) is 4.72 Å². The van der Waals surface area contributed by atoms with Crippen molar-refractivity contribution in [1.29, 1.82) is 5.26 Å². The lowest BCUT2D eigenvalue weighted by Gasteiger charge is -2.30. The Labute approximate surface area is 129 Å². The van der Waals surface area contributed by atoms with Gasteiger partial charge in [-0.1, -0.05) is 31.0 Å². The van der Waals surface area contributed by atoms with Gasteiger partial charge in [0.15, 0.2) is 0 Å². The number of aliphatic hydroxyl groups is 1. The van der Waals surface area contributed by atoms with Crippen LogP contribution in [-0.2, 0) is 10.0 Å². The van der Waals surface area contributed by atoms with E-state index < -0.39 is 15.4 Å². The molecule has 1 aliphatic rings. The van der Waals surface area contributed by atoms with Crippen LogP contribution in [0.3, 0.4) is 0 Å². The topological polar surface area (TPSA) is 90.2 Å². The number of hydrogen-bond acceptors (Lipinski definition) is 4. The summed E-state index contributed by atoms with van der Waals surface area (Å²) in [5.74, 6) is 0. The first-order chi connectivity index (χ1) is 9.84. The largest absolute Gasteiger partial charge is 0.396 e. The first-order valence-corrected chi connectivity index (χ1v) is 8.52. The van der Waals surface area contributed by atoms with Gasteiger partial charge in [-0.3, -0.25) is 0 Å². The quantitative estimate of drug-likeness (QED) is 0.885. The van der Waals surface area contributed by atoms with Crippen LogP contribution in [-0.4, -0.2) is 26.2 Å². The van der Waals surface area contributed by atoms with Crippen LogP contribution in [0.2, 0.25) is 5.02 Å². The van der Waals surface area contributed by atoms with E-state index in [4.69, 9.17) is 16.9 Å². The normalized spacial score (nSPS) is 25.7. The van der Waals surface area contributed by atoms with Crippen molar-refractivity contribution in [2.24, 2.45) is 5.41 Å². The number of rotatable bonds is 4. The highest BCUT2D eigenvalue weighted by molar-refractivity contribution is 7.89. The fourth-order valence-electron chi connectivity index (χ4n) is 2.71. The Bertz CT molecular complexity index is 684. The van der Waals surface area contributed by atoms with Crippen LogP contribution in [0, 0.1) is 16.7 Å². The van der Waals surface area contributed by atoms with Crippen molar-refractivity contribution in [2.75, 3.05) is 6.61 Å². The van der Waals surface area contributed by atoms with Crippen molar-refractivity contribution >= 4 is 21.6 Å². The Morgan fingerprint density at radius 1 is 1.57 bits per heavy atom. The molecule has 114 valence electrons. The van der Waals surface area contributed by atoms with Crippen molar-refractivity contribution in [3.63, 3.8) is 0 Å². The van der Waals surface area contributed by atoms with E-state index in [1.54, 1.807) is 0 Å². The molecule has 0 bridgehead atoms. The van der Waals surface area contributed by atoms with Crippen LogP contribution in [0.4, 0.5) is 0 Å². The Morgan fingerprint density at radius 3 is 2.90 bits per heavy atom. The molecule has 2 atom stereocenters. The van der Waals surface area contributed by atoms with Gasteiger partial charge in [0.05, 0.1) is 10.6 Å². The summed E-state index contributed by atoms with van der Waals surface area (Å²) in [6.07, 6.45) is 2.28. The van der Waals surface area contributed by atoms with E-state index in [2.05, 4.69) is 4.72 Å². The SMILES string of the molecule is C[C@@]1(CO)CCC[C@H]1NS(=O)(=O)c1cccc(Cl)c1C#N. The molecular weight excluding hydrogens is 312 g/mol. The van der Waals surface area contributed by atoms with Gasteiger partial charge in [-0.2, -0.15) is 5.26 Å². The molecule has 0 heterocycles. The Hall–Kier alpha value is -1.13. The summed E-state index contributed by atoms with van der Waals surface area (Å²) in [5.41, 5.74) is -0.534. The molecule has 1 saturated carbocycles. The Balaban J connectivity index is 2.37. The maximum absolute atomic E-state index is 12.5. The summed E-state index contributed by atoms with van der Waals surface area (Å²) >= 11 is 5.88. The molecule has 0 amide bonds. The van der Waals surface area contributed by atoms with Crippen LogP contribution in [0.1, 0.15) is 31.7 Å². The first-order valence-electron chi connectivity index (χ1n) is 6.66. The maximum Gasteiger partial charge on any atom is 0.242 e. The molecule has 5 nitrogen and oxygen atoms in total. The van der Waals surface area contributed by atoms with Crippen LogP contribution in [0.25, 0.3) is 0 Å². The molecule has 1 aliphatic carbocycles. The molecule has 1 aromatic carbocycles. The lowest BCUT2D eigenvalue weighted by molar-refractivity contribution is 0.127. The van der Waals surface area contributed by atoms with Crippen LogP contribution < -0.4 is 4.72 Å². The summed E-state index contributed by atoms with van der Waals surface area (Å²) in [7, 11) is -3.86. The fourth-order valence-corrected chi connectivity index (χ4v) is 4.57. The molecule has 7 heteroatoms. The molecule has 0 aromatic heterocycles. The van der Waals surface area contributed by atoms with Crippen molar-refractivity contribution in [2.45, 2.75) is 37.1 Å². The van der Waals surface area contributed by atoms with Crippen LogP contribution >= 0.6 is 11.6 Å². The molecule has 1 fully saturated rings. The number of aliphatic hydroxyl groups excluding tert-OH is 1. The predicted molar refractivity (Wildman–Crippen MR) is 79.3 cm³/mol. The molecule has 2 N–H and O–H groups in total. The summed E-state index contributed by atoms with van der Waals surface area (Å²) in [6.45, 7) is 1.78. The number of nitrogens with one attached hydrogen (secondary N) is 1. The molecular formula is C14H17ClN2O3S. The van der Waals surface area contributed by atoms with Gasteiger partial charge in [0.25, 0.3) is 0 Å². The summed E-state index contributed by atoms with van der Waals surface area (Å²) in [4.78, 5) is -0.121. The number of nitriles is 1. The smallest absolute Gasteiger partial charge is 0.242 e. The molecule has 0 radical (unpaired) electrons. The van der Waals surface area contributed by atoms with Crippen LogP contribution in [0.5, 0.6) is 0 Å². The summed E-state index contributed by atoms with van der Waals surface area (Å²) in [5, 5.41) is 18.7. The number of sulfonamides is 1. The maximum atomic E-state index is 12.5. The van der Waals surface area contributed by atoms with Gasteiger partial charge in [0.1, 0.15) is 11.0 Å². The highest BCUT2D eigenvalue weighted by Gasteiger charge is 2.41. The number of hydrogen-bond donors (Lipinski definition) is 2. The molecule has 0 spiro atoms. The van der Waals surface area contributed by atoms with E-state index in [-0.39, 0.29) is 28.1 Å². The Morgan fingerprint density at radius 2 is 2.29 bits per heavy atom. The minimum absolute atomic E-state index is 0.0598. The molecule has 21 heavy (non-hydrogen) atoms. The zero-order chi connectivity index (χ0) is 15.7. The minimum atomic E-state index is -3.86. The average molecular weight is 329 g/mol. The first kappa shape index (κ1) is 16.2. The predicted octanol–water partition coefficient (Wildman–Crippen LogP) is 2.04. The van der Waals surface area contributed by atoms with Gasteiger partial charge in [-0.05, 0) is 25.0 Å². The van der Waals surface area contributed by atoms with Gasteiger partial charge in [-0.15, -0.1) is 0 Å². The van der Waals surface area contributed by atoms with Crippen LogP contribution in [0.15, 0.2) is 23.1 Å². The van der Waals surface area contributed by atoms with Gasteiger partial charge in [0.2, 0.25) is 10.0 Å². The van der Waals surface area contributed by atoms with E-state index in [0.717, 1.165) is 12.8 Å². The molecule has 0 saturated heterocycles. The second-order valence-electron chi connectivity index (χ2n) is 5.60. The van der Waals surface area contributed by atoms with Gasteiger partial charge in [-0.25, -0.2) is 13.1 Å². The molecule has 1 aromatic rings. The van der Waals surface area contributed by atoms with Crippen molar-refractivity contribution in [3.05, 3.63) is 28.8 Å². The van der Waals surface area contributed by atoms with Crippen molar-refractivity contribution in [3.8, 4) is 6.07 Å². The monoisotopic (exact) mass is 328 g/mol. The Kier molecular flexibility index (Phi) is 4.59. The number of benzene rings is 1. The van der Waals surface area contributed by atoms with Gasteiger partial charge >= 0.3 is 0 Å². The lowest BCUT2D eigenvalue weighted by atomic mass is 9.86. The third-order valence-corrected chi connectivity index (χ3v) is 5.95. The highest BCUT2D eigenvalue weighted by atomic mass is 35.5. The van der Waals surface area contributed by atoms with E-state index in [1.165, 1.54) is 18.2 Å². The minimum Gasteiger partial charge on any atom is -0.396 e. The fraction of sp³-hybridized carbons (Fsp3) is 0.500. The van der Waals surface area contributed by atoms with Gasteiger partial charge < -0.3 is 5.11 Å². The third-order valence-electron chi connectivity index (χ3n) is 4.12. The zero-order valence-corrected chi connectivity index (χ0v) is 13.2. The standard InChI is InChI=1S/C14H17ClN2O3S/c1-14(9-18)7-3-6-13(14)17-21(19,20)12-5-2-4-11(15)10(12)8-16/h2,4-5,13,17-18H,3,6-7,9H2,1H3/t13-,14+/m1/s1. The second-order valence-corrected chi connectivity index (χ2v) is 7.69. The van der Waals surface area contributed by atoms with E-state index >= 15 is 0 Å². The average Bonchev–Trinajstić information content (AvgIpc) is 2.80. The number of nitrogens with zero attached hydrogens (tertiary/aromatic N) is 1. The summed E-state index contributed by atoms with van der Waals surface area (Å²) < 4.78 is 27.7. The number of halogens is 1. The molecule has 0 aliphatic heterocycles. The zero-order valence-electron chi connectivity index (χ0n) is 11.6. The molecule has 2 rings (SSSR count). The van der Waals surface area contributed by atoms with E-state index in [0.29, 0.717) is 6.42 Å². The van der Waals surface area contributed by atoms with E-state index in [9.17, 15) is 13.5 Å². The lowest BCUT2D eigenvalue weighted by Crippen LogP contribution is -2.44. The van der Waals surface area contributed by atoms with Gasteiger partial charge in [0, 0.05) is 18.1 Å². The van der Waals surface area contributed by atoms with Crippen molar-refractivity contribution < 1.29 is 13.5 Å².